The van der Waals surface area contributed by atoms with Gasteiger partial charge in [0.1, 0.15) is 0 Å². The quantitative estimate of drug-likeness (QED) is 0.804. The Morgan fingerprint density at radius 3 is 2.53 bits per heavy atom. The first kappa shape index (κ1) is 12.9. The van der Waals surface area contributed by atoms with E-state index >= 15 is 0 Å². The Labute approximate surface area is 97.1 Å². The first-order valence-electron chi connectivity index (χ1n) is 4.72. The van der Waals surface area contributed by atoms with E-state index in [4.69, 9.17) is 11.7 Å². The first-order chi connectivity index (χ1) is 7.88. The molecule has 5 heteroatoms. The maximum atomic E-state index is 12.5. The van der Waals surface area contributed by atoms with Crippen molar-refractivity contribution in [1.29, 1.82) is 5.26 Å². The van der Waals surface area contributed by atoms with Crippen molar-refractivity contribution in [2.75, 3.05) is 5.32 Å². The Hall–Kier alpha value is -2.14. The van der Waals surface area contributed by atoms with E-state index in [0.717, 1.165) is 12.1 Å². The molecule has 2 nitrogen and oxygen atoms in total. The number of benzene rings is 1. The summed E-state index contributed by atoms with van der Waals surface area (Å²) in [6.45, 7) is 1.68. The lowest BCUT2D eigenvalue weighted by Crippen LogP contribution is -2.13. The van der Waals surface area contributed by atoms with Gasteiger partial charge in [-0.05, 0) is 25.1 Å². The molecule has 0 heterocycles. The van der Waals surface area contributed by atoms with Crippen LogP contribution in [0, 0.1) is 23.7 Å². The summed E-state index contributed by atoms with van der Waals surface area (Å²) in [5.41, 5.74) is -0.981. The van der Waals surface area contributed by atoms with Gasteiger partial charge in [-0.15, -0.1) is 6.42 Å². The molecular formula is C12H9F3N2. The van der Waals surface area contributed by atoms with Gasteiger partial charge in [0.25, 0.3) is 0 Å². The summed E-state index contributed by atoms with van der Waals surface area (Å²) in [4.78, 5) is 0. The Bertz CT molecular complexity index is 492. The molecule has 1 unspecified atom stereocenters. The highest BCUT2D eigenvalue weighted by Crippen LogP contribution is 2.33. The number of nitrogens with one attached hydrogen (secondary N) is 1. The largest absolute Gasteiger partial charge is 0.417 e. The number of nitrogens with zero attached hydrogens (tertiary/aromatic N) is 1. The SMILES string of the molecule is C#CC(C)Nc1ccc(C(F)(F)F)c(C#N)c1. The van der Waals surface area contributed by atoms with E-state index in [1.807, 2.05) is 0 Å². The summed E-state index contributed by atoms with van der Waals surface area (Å²) < 4.78 is 37.5. The molecule has 1 rings (SSSR count). The van der Waals surface area contributed by atoms with Crippen LogP contribution < -0.4 is 5.32 Å². The van der Waals surface area contributed by atoms with Gasteiger partial charge in [-0.1, -0.05) is 5.92 Å². The van der Waals surface area contributed by atoms with Gasteiger partial charge in [-0.2, -0.15) is 18.4 Å². The number of halogens is 3. The third-order valence-corrected chi connectivity index (χ3v) is 2.08. The van der Waals surface area contributed by atoms with Crippen molar-refractivity contribution >= 4 is 5.69 Å². The van der Waals surface area contributed by atoms with Gasteiger partial charge < -0.3 is 5.32 Å². The zero-order valence-corrected chi connectivity index (χ0v) is 8.97. The molecule has 1 atom stereocenters. The second-order valence-electron chi connectivity index (χ2n) is 3.40. The number of nitriles is 1. The lowest BCUT2D eigenvalue weighted by Gasteiger charge is -2.13. The van der Waals surface area contributed by atoms with E-state index in [1.54, 1.807) is 6.92 Å². The highest BCUT2D eigenvalue weighted by molar-refractivity contribution is 5.54. The van der Waals surface area contributed by atoms with Crippen molar-refractivity contribution < 1.29 is 13.2 Å². The van der Waals surface area contributed by atoms with E-state index in [2.05, 4.69) is 11.2 Å². The molecule has 1 aromatic rings. The Morgan fingerprint density at radius 2 is 2.06 bits per heavy atom. The van der Waals surface area contributed by atoms with E-state index in [9.17, 15) is 13.2 Å². The third kappa shape index (κ3) is 3.15. The number of terminal acetylenes is 1. The maximum Gasteiger partial charge on any atom is 0.417 e. The van der Waals surface area contributed by atoms with Crippen LogP contribution >= 0.6 is 0 Å². The van der Waals surface area contributed by atoms with Gasteiger partial charge in [0.15, 0.2) is 0 Å². The zero-order valence-electron chi connectivity index (χ0n) is 8.97. The topological polar surface area (TPSA) is 35.8 Å². The molecule has 0 aliphatic heterocycles. The van der Waals surface area contributed by atoms with Crippen molar-refractivity contribution in [3.8, 4) is 18.4 Å². The van der Waals surface area contributed by atoms with Crippen LogP contribution in [0.25, 0.3) is 0 Å². The summed E-state index contributed by atoms with van der Waals surface area (Å²) >= 11 is 0. The zero-order chi connectivity index (χ0) is 13.1. The van der Waals surface area contributed by atoms with Gasteiger partial charge in [-0.25, -0.2) is 0 Å². The minimum Gasteiger partial charge on any atom is -0.372 e. The monoisotopic (exact) mass is 238 g/mol. The molecular weight excluding hydrogens is 229 g/mol. The summed E-state index contributed by atoms with van der Waals surface area (Å²) in [6.07, 6.45) is 0.606. The summed E-state index contributed by atoms with van der Waals surface area (Å²) in [5.74, 6) is 2.38. The summed E-state index contributed by atoms with van der Waals surface area (Å²) in [6, 6.07) is 4.45. The molecule has 0 saturated heterocycles. The van der Waals surface area contributed by atoms with Crippen molar-refractivity contribution in [2.45, 2.75) is 19.1 Å². The predicted molar refractivity (Wildman–Crippen MR) is 58.1 cm³/mol. The minimum atomic E-state index is -4.53. The Morgan fingerprint density at radius 1 is 1.41 bits per heavy atom. The second-order valence-corrected chi connectivity index (χ2v) is 3.40. The minimum absolute atomic E-state index is 0.321. The molecule has 0 fully saturated rings. The molecule has 1 N–H and O–H groups in total. The van der Waals surface area contributed by atoms with E-state index in [-0.39, 0.29) is 6.04 Å². The number of alkyl halides is 3. The van der Waals surface area contributed by atoms with Crippen LogP contribution in [-0.2, 0) is 6.18 Å². The lowest BCUT2D eigenvalue weighted by atomic mass is 10.1. The smallest absolute Gasteiger partial charge is 0.372 e. The highest BCUT2D eigenvalue weighted by atomic mass is 19.4. The molecule has 0 spiro atoms. The van der Waals surface area contributed by atoms with Gasteiger partial charge in [0, 0.05) is 5.69 Å². The molecule has 17 heavy (non-hydrogen) atoms. The number of rotatable bonds is 2. The molecule has 0 radical (unpaired) electrons. The summed E-state index contributed by atoms with van der Waals surface area (Å²) in [7, 11) is 0. The Kier molecular flexibility index (Phi) is 3.65. The fourth-order valence-electron chi connectivity index (χ4n) is 1.27. The van der Waals surface area contributed by atoms with Crippen LogP contribution in [0.1, 0.15) is 18.1 Å². The van der Waals surface area contributed by atoms with Gasteiger partial charge in [0.2, 0.25) is 0 Å². The van der Waals surface area contributed by atoms with Crippen molar-refractivity contribution in [1.82, 2.24) is 0 Å². The van der Waals surface area contributed by atoms with E-state index in [1.165, 1.54) is 12.1 Å². The number of anilines is 1. The normalized spacial score (nSPS) is 12.4. The molecule has 0 bridgehead atoms. The van der Waals surface area contributed by atoms with Crippen molar-refractivity contribution in [2.24, 2.45) is 0 Å². The van der Waals surface area contributed by atoms with Crippen molar-refractivity contribution in [3.05, 3.63) is 29.3 Å². The van der Waals surface area contributed by atoms with Crippen LogP contribution in [0.15, 0.2) is 18.2 Å². The first-order valence-corrected chi connectivity index (χ1v) is 4.72. The molecule has 0 aromatic heterocycles. The molecule has 88 valence electrons. The predicted octanol–water partition coefficient (Wildman–Crippen LogP) is 3.01. The molecule has 0 aliphatic carbocycles. The summed E-state index contributed by atoms with van der Waals surface area (Å²) in [5, 5.41) is 11.5. The molecule has 0 aliphatic rings. The van der Waals surface area contributed by atoms with Gasteiger partial charge >= 0.3 is 6.18 Å². The number of hydrogen-bond donors (Lipinski definition) is 1. The van der Waals surface area contributed by atoms with Crippen LogP contribution in [0.2, 0.25) is 0 Å². The highest BCUT2D eigenvalue weighted by Gasteiger charge is 2.33. The van der Waals surface area contributed by atoms with Crippen LogP contribution in [0.3, 0.4) is 0 Å². The van der Waals surface area contributed by atoms with Crippen LogP contribution in [0.5, 0.6) is 0 Å². The average molecular weight is 238 g/mol. The van der Waals surface area contributed by atoms with Crippen LogP contribution in [-0.4, -0.2) is 6.04 Å². The van der Waals surface area contributed by atoms with E-state index in [0.29, 0.717) is 5.69 Å². The fourth-order valence-corrected chi connectivity index (χ4v) is 1.27. The standard InChI is InChI=1S/C12H9F3N2/c1-3-8(2)17-10-4-5-11(12(13,14)15)9(6-10)7-16/h1,4-6,8,17H,2H3. The maximum absolute atomic E-state index is 12.5. The molecule has 0 saturated carbocycles. The second kappa shape index (κ2) is 4.80. The molecule has 0 amide bonds. The average Bonchev–Trinajstić information content (AvgIpc) is 2.27. The van der Waals surface area contributed by atoms with E-state index < -0.39 is 17.3 Å². The fraction of sp³-hybridized carbons (Fsp3) is 0.250. The van der Waals surface area contributed by atoms with Crippen molar-refractivity contribution in [3.63, 3.8) is 0 Å². The van der Waals surface area contributed by atoms with Gasteiger partial charge in [-0.3, -0.25) is 0 Å². The number of hydrogen-bond acceptors (Lipinski definition) is 2. The Balaban J connectivity index is 3.12. The lowest BCUT2D eigenvalue weighted by molar-refractivity contribution is -0.137. The third-order valence-electron chi connectivity index (χ3n) is 2.08. The van der Waals surface area contributed by atoms with Crippen LogP contribution in [0.4, 0.5) is 18.9 Å². The molecule has 1 aromatic carbocycles. The van der Waals surface area contributed by atoms with Gasteiger partial charge in [0.05, 0.1) is 23.2 Å².